The second kappa shape index (κ2) is 5.47. The van der Waals surface area contributed by atoms with E-state index in [1.807, 2.05) is 0 Å². The molecular weight excluding hydrogens is 224 g/mol. The lowest BCUT2D eigenvalue weighted by molar-refractivity contribution is 0.133. The Morgan fingerprint density at radius 2 is 2.00 bits per heavy atom. The van der Waals surface area contributed by atoms with Crippen molar-refractivity contribution in [3.63, 3.8) is 0 Å². The van der Waals surface area contributed by atoms with Crippen molar-refractivity contribution in [3.05, 3.63) is 0 Å². The lowest BCUT2D eigenvalue weighted by atomic mass is 9.67. The van der Waals surface area contributed by atoms with E-state index in [0.29, 0.717) is 13.1 Å². The number of rotatable bonds is 7. The topological polar surface area (TPSA) is 58.2 Å². The van der Waals surface area contributed by atoms with Crippen molar-refractivity contribution < 1.29 is 8.42 Å². The van der Waals surface area contributed by atoms with Gasteiger partial charge in [0.05, 0.1) is 5.25 Å². The van der Waals surface area contributed by atoms with Crippen molar-refractivity contribution in [3.8, 4) is 0 Å². The van der Waals surface area contributed by atoms with Crippen molar-refractivity contribution in [1.82, 2.24) is 10.0 Å². The summed E-state index contributed by atoms with van der Waals surface area (Å²) in [6.07, 6.45) is 4.62. The van der Waals surface area contributed by atoms with Gasteiger partial charge in [-0.25, -0.2) is 13.1 Å². The van der Waals surface area contributed by atoms with Gasteiger partial charge >= 0.3 is 0 Å². The van der Waals surface area contributed by atoms with E-state index in [1.54, 1.807) is 14.0 Å². The Morgan fingerprint density at radius 3 is 2.38 bits per heavy atom. The normalized spacial score (nSPS) is 21.4. The number of sulfonamides is 1. The fourth-order valence-corrected chi connectivity index (χ4v) is 3.30. The minimum Gasteiger partial charge on any atom is -0.318 e. The Balaban J connectivity index is 2.47. The maximum absolute atomic E-state index is 11.9. The highest BCUT2D eigenvalue weighted by atomic mass is 32.2. The molecule has 0 spiro atoms. The summed E-state index contributed by atoms with van der Waals surface area (Å²) in [6, 6.07) is 0. The quantitative estimate of drug-likeness (QED) is 0.709. The van der Waals surface area contributed by atoms with Crippen LogP contribution < -0.4 is 10.0 Å². The van der Waals surface area contributed by atoms with Gasteiger partial charge in [0.25, 0.3) is 0 Å². The Bertz CT molecular complexity index is 304. The number of hydrogen-bond acceptors (Lipinski definition) is 3. The maximum atomic E-state index is 11.9. The van der Waals surface area contributed by atoms with Gasteiger partial charge in [-0.15, -0.1) is 0 Å². The van der Waals surface area contributed by atoms with Crippen LogP contribution in [0.3, 0.4) is 0 Å². The predicted molar refractivity (Wildman–Crippen MR) is 66.9 cm³/mol. The molecule has 0 heterocycles. The van der Waals surface area contributed by atoms with Gasteiger partial charge in [-0.05, 0) is 38.6 Å². The first-order valence-corrected chi connectivity index (χ1v) is 7.63. The van der Waals surface area contributed by atoms with Crippen LogP contribution >= 0.6 is 0 Å². The van der Waals surface area contributed by atoms with E-state index < -0.39 is 10.0 Å². The number of hydrogen-bond donors (Lipinski definition) is 2. The van der Waals surface area contributed by atoms with Crippen LogP contribution in [0, 0.1) is 5.41 Å². The van der Waals surface area contributed by atoms with E-state index >= 15 is 0 Å². The van der Waals surface area contributed by atoms with Crippen molar-refractivity contribution >= 4 is 10.0 Å². The molecule has 0 radical (unpaired) electrons. The van der Waals surface area contributed by atoms with Crippen molar-refractivity contribution in [1.29, 1.82) is 0 Å². The highest BCUT2D eigenvalue weighted by Gasteiger charge is 2.36. The van der Waals surface area contributed by atoms with Gasteiger partial charge in [0, 0.05) is 13.1 Å². The van der Waals surface area contributed by atoms with Gasteiger partial charge < -0.3 is 5.32 Å². The first-order chi connectivity index (χ1) is 7.46. The molecule has 1 saturated carbocycles. The maximum Gasteiger partial charge on any atom is 0.215 e. The molecule has 5 heteroatoms. The van der Waals surface area contributed by atoms with Gasteiger partial charge in [0.15, 0.2) is 0 Å². The molecule has 2 N–H and O–H groups in total. The summed E-state index contributed by atoms with van der Waals surface area (Å²) < 4.78 is 26.5. The smallest absolute Gasteiger partial charge is 0.215 e. The molecule has 1 aliphatic carbocycles. The molecule has 1 rings (SSSR count). The van der Waals surface area contributed by atoms with E-state index in [0.717, 1.165) is 19.3 Å². The zero-order chi connectivity index (χ0) is 12.2. The fraction of sp³-hybridized carbons (Fsp3) is 1.00. The summed E-state index contributed by atoms with van der Waals surface area (Å²) in [5.41, 5.74) is 0.242. The summed E-state index contributed by atoms with van der Waals surface area (Å²) in [5, 5.41) is 2.52. The van der Waals surface area contributed by atoms with Crippen LogP contribution in [0.5, 0.6) is 0 Å². The second-order valence-electron chi connectivity index (χ2n) is 4.94. The van der Waals surface area contributed by atoms with Crippen LogP contribution in [0.15, 0.2) is 0 Å². The molecule has 1 unspecified atom stereocenters. The molecule has 0 aliphatic heterocycles. The van der Waals surface area contributed by atoms with E-state index in [1.165, 1.54) is 6.42 Å². The molecule has 4 nitrogen and oxygen atoms in total. The first-order valence-electron chi connectivity index (χ1n) is 6.09. The van der Waals surface area contributed by atoms with E-state index in [9.17, 15) is 8.42 Å². The molecule has 0 bridgehead atoms. The lowest BCUT2D eigenvalue weighted by Gasteiger charge is -2.41. The van der Waals surface area contributed by atoms with Crippen LogP contribution in [0.2, 0.25) is 0 Å². The zero-order valence-corrected chi connectivity index (χ0v) is 11.4. The Morgan fingerprint density at radius 1 is 1.38 bits per heavy atom. The molecule has 1 aliphatic rings. The van der Waals surface area contributed by atoms with Crippen LogP contribution in [0.4, 0.5) is 0 Å². The molecule has 16 heavy (non-hydrogen) atoms. The molecule has 0 saturated heterocycles. The van der Waals surface area contributed by atoms with Gasteiger partial charge in [-0.3, -0.25) is 0 Å². The third-order valence-electron chi connectivity index (χ3n) is 3.83. The molecule has 0 amide bonds. The van der Waals surface area contributed by atoms with Crippen LogP contribution in [0.25, 0.3) is 0 Å². The Labute approximate surface area is 99.2 Å². The van der Waals surface area contributed by atoms with Crippen LogP contribution in [0.1, 0.15) is 39.5 Å². The predicted octanol–water partition coefficient (Wildman–Crippen LogP) is 1.09. The van der Waals surface area contributed by atoms with Crippen molar-refractivity contribution in [2.45, 2.75) is 44.8 Å². The lowest BCUT2D eigenvalue weighted by Crippen LogP contribution is -2.45. The van der Waals surface area contributed by atoms with Gasteiger partial charge in [0.1, 0.15) is 0 Å². The summed E-state index contributed by atoms with van der Waals surface area (Å²) >= 11 is 0. The summed E-state index contributed by atoms with van der Waals surface area (Å²) in [7, 11) is -1.39. The van der Waals surface area contributed by atoms with Gasteiger partial charge in [-0.2, -0.15) is 0 Å². The van der Waals surface area contributed by atoms with Crippen LogP contribution in [-0.2, 0) is 10.0 Å². The minimum atomic E-state index is -3.15. The third kappa shape index (κ3) is 3.18. The monoisotopic (exact) mass is 248 g/mol. The highest BCUT2D eigenvalue weighted by molar-refractivity contribution is 7.90. The highest BCUT2D eigenvalue weighted by Crippen LogP contribution is 2.43. The van der Waals surface area contributed by atoms with Gasteiger partial charge in [0.2, 0.25) is 10.0 Å². The number of nitrogens with one attached hydrogen (secondary N) is 2. The van der Waals surface area contributed by atoms with E-state index in [2.05, 4.69) is 17.0 Å². The van der Waals surface area contributed by atoms with Crippen molar-refractivity contribution in [2.75, 3.05) is 20.1 Å². The zero-order valence-electron chi connectivity index (χ0n) is 10.5. The van der Waals surface area contributed by atoms with E-state index in [4.69, 9.17) is 0 Å². The molecule has 0 aromatic rings. The Kier molecular flexibility index (Phi) is 4.76. The summed E-state index contributed by atoms with van der Waals surface area (Å²) in [6.45, 7) is 4.98. The summed E-state index contributed by atoms with van der Waals surface area (Å²) in [5.74, 6) is 0. The molecule has 1 fully saturated rings. The average Bonchev–Trinajstić information content (AvgIpc) is 2.17. The van der Waals surface area contributed by atoms with Gasteiger partial charge in [-0.1, -0.05) is 13.3 Å². The standard InChI is InChI=1S/C11H24N2O2S/c1-4-11(6-5-7-11)9-13-16(14,15)10(2)8-12-3/h10,12-13H,4-9H2,1-3H3. The van der Waals surface area contributed by atoms with E-state index in [-0.39, 0.29) is 10.7 Å². The van der Waals surface area contributed by atoms with Crippen LogP contribution in [-0.4, -0.2) is 33.8 Å². The first kappa shape index (κ1) is 13.9. The van der Waals surface area contributed by atoms with Crippen molar-refractivity contribution in [2.24, 2.45) is 5.41 Å². The SMILES string of the molecule is CCC1(CNS(=O)(=O)C(C)CNC)CCC1. The molecule has 0 aromatic carbocycles. The largest absolute Gasteiger partial charge is 0.318 e. The molecule has 96 valence electrons. The minimum absolute atomic E-state index is 0.242. The second-order valence-corrected chi connectivity index (χ2v) is 7.12. The molecule has 1 atom stereocenters. The average molecular weight is 248 g/mol. The molecule has 0 aromatic heterocycles. The fourth-order valence-electron chi connectivity index (χ4n) is 2.13. The summed E-state index contributed by atoms with van der Waals surface area (Å²) in [4.78, 5) is 0. The Hall–Kier alpha value is -0.130. The third-order valence-corrected chi connectivity index (χ3v) is 5.61. The molecular formula is C11H24N2O2S.